The molecule has 0 aromatic heterocycles. The molecule has 1 saturated carbocycles. The van der Waals surface area contributed by atoms with Crippen LogP contribution in [0.25, 0.3) is 0 Å². The molecule has 2 rings (SSSR count). The number of nitrogens with one attached hydrogen (secondary N) is 1. The van der Waals surface area contributed by atoms with E-state index in [-0.39, 0.29) is 23.8 Å². The molecule has 6 heteroatoms. The highest BCUT2D eigenvalue weighted by atomic mass is 19.1. The Morgan fingerprint density at radius 2 is 2.10 bits per heavy atom. The topological polar surface area (TPSA) is 55.4 Å². The first-order valence-electron chi connectivity index (χ1n) is 6.66. The lowest BCUT2D eigenvalue weighted by molar-refractivity contribution is -0.138. The van der Waals surface area contributed by atoms with Crippen molar-refractivity contribution in [3.8, 4) is 0 Å². The summed E-state index contributed by atoms with van der Waals surface area (Å²) in [6.07, 6.45) is 3.15. The Hall–Kier alpha value is -2.24. The fraction of sp³-hybridized carbons (Fsp3) is 0.333. The number of carbonyl (C=O) groups excluding carboxylic acids is 2. The van der Waals surface area contributed by atoms with Gasteiger partial charge in [0.2, 0.25) is 5.78 Å². The third-order valence-electron chi connectivity index (χ3n) is 2.96. The van der Waals surface area contributed by atoms with Crippen molar-refractivity contribution in [2.75, 3.05) is 6.61 Å². The lowest BCUT2D eigenvalue weighted by Crippen LogP contribution is -2.21. The van der Waals surface area contributed by atoms with Gasteiger partial charge < -0.3 is 10.1 Å². The van der Waals surface area contributed by atoms with E-state index in [1.807, 2.05) is 0 Å². The SMILES string of the molecule is CCOC(=O)C(=CNC1CC1)C(=O)c1ccc(F)cc1F. The highest BCUT2D eigenvalue weighted by Crippen LogP contribution is 2.20. The summed E-state index contributed by atoms with van der Waals surface area (Å²) in [5.74, 6) is -3.47. The minimum Gasteiger partial charge on any atom is -0.462 e. The van der Waals surface area contributed by atoms with Crippen LogP contribution in [0.15, 0.2) is 30.0 Å². The molecule has 0 amide bonds. The predicted octanol–water partition coefficient (Wildman–Crippen LogP) is 2.35. The number of ketones is 1. The average Bonchev–Trinajstić information content (AvgIpc) is 3.23. The zero-order valence-corrected chi connectivity index (χ0v) is 11.5. The highest BCUT2D eigenvalue weighted by Gasteiger charge is 2.26. The van der Waals surface area contributed by atoms with Crippen molar-refractivity contribution in [3.63, 3.8) is 0 Å². The van der Waals surface area contributed by atoms with Gasteiger partial charge in [0.25, 0.3) is 0 Å². The van der Waals surface area contributed by atoms with Gasteiger partial charge in [0.15, 0.2) is 0 Å². The number of Topliss-reactive ketones (excluding diaryl/α,β-unsaturated/α-hetero) is 1. The Balaban J connectivity index is 2.27. The fourth-order valence-electron chi connectivity index (χ4n) is 1.70. The molecule has 0 unspecified atom stereocenters. The average molecular weight is 295 g/mol. The molecule has 1 N–H and O–H groups in total. The maximum atomic E-state index is 13.7. The standard InChI is InChI=1S/C15H15F2NO3/c1-2-21-15(20)12(8-18-10-4-5-10)14(19)11-6-3-9(16)7-13(11)17/h3,6-8,10,18H,2,4-5H2,1H3. The minimum absolute atomic E-state index is 0.0960. The Kier molecular flexibility index (Phi) is 4.67. The molecular weight excluding hydrogens is 280 g/mol. The van der Waals surface area contributed by atoms with Crippen LogP contribution in [-0.2, 0) is 9.53 Å². The van der Waals surface area contributed by atoms with E-state index in [2.05, 4.69) is 5.32 Å². The monoisotopic (exact) mass is 295 g/mol. The number of halogens is 2. The van der Waals surface area contributed by atoms with Gasteiger partial charge in [0, 0.05) is 18.3 Å². The number of ether oxygens (including phenoxy) is 1. The van der Waals surface area contributed by atoms with Gasteiger partial charge >= 0.3 is 5.97 Å². The van der Waals surface area contributed by atoms with Crippen LogP contribution in [0.5, 0.6) is 0 Å². The number of carbonyl (C=O) groups is 2. The Morgan fingerprint density at radius 3 is 2.67 bits per heavy atom. The second kappa shape index (κ2) is 6.47. The van der Waals surface area contributed by atoms with Gasteiger partial charge in [0.05, 0.1) is 12.2 Å². The summed E-state index contributed by atoms with van der Waals surface area (Å²) in [6, 6.07) is 2.80. The lowest BCUT2D eigenvalue weighted by Gasteiger charge is -2.08. The van der Waals surface area contributed by atoms with E-state index in [9.17, 15) is 18.4 Å². The minimum atomic E-state index is -1.01. The van der Waals surface area contributed by atoms with Gasteiger partial charge in [-0.25, -0.2) is 13.6 Å². The molecule has 0 spiro atoms. The maximum absolute atomic E-state index is 13.7. The van der Waals surface area contributed by atoms with Crippen molar-refractivity contribution in [1.29, 1.82) is 0 Å². The first-order chi connectivity index (χ1) is 10.0. The van der Waals surface area contributed by atoms with Crippen LogP contribution >= 0.6 is 0 Å². The molecule has 0 saturated heterocycles. The summed E-state index contributed by atoms with van der Waals surface area (Å²) in [5, 5.41) is 2.90. The summed E-state index contributed by atoms with van der Waals surface area (Å²) in [6.45, 7) is 1.70. The zero-order chi connectivity index (χ0) is 15.4. The molecule has 1 aliphatic carbocycles. The van der Waals surface area contributed by atoms with Crippen LogP contribution in [0.2, 0.25) is 0 Å². The smallest absolute Gasteiger partial charge is 0.343 e. The van der Waals surface area contributed by atoms with E-state index >= 15 is 0 Å². The maximum Gasteiger partial charge on any atom is 0.343 e. The number of hydrogen-bond donors (Lipinski definition) is 1. The molecule has 1 aliphatic rings. The van der Waals surface area contributed by atoms with Gasteiger partial charge in [-0.15, -0.1) is 0 Å². The molecule has 1 aromatic rings. The molecule has 1 fully saturated rings. The van der Waals surface area contributed by atoms with E-state index in [1.54, 1.807) is 6.92 Å². The molecule has 1 aromatic carbocycles. The first kappa shape index (κ1) is 15.2. The van der Waals surface area contributed by atoms with Crippen LogP contribution < -0.4 is 5.32 Å². The quantitative estimate of drug-likeness (QED) is 0.288. The third-order valence-corrected chi connectivity index (χ3v) is 2.96. The van der Waals surface area contributed by atoms with Gasteiger partial charge in [-0.2, -0.15) is 0 Å². The van der Waals surface area contributed by atoms with Crippen molar-refractivity contribution >= 4 is 11.8 Å². The Labute approximate surface area is 120 Å². The Bertz CT molecular complexity index is 595. The predicted molar refractivity (Wildman–Crippen MR) is 71.6 cm³/mol. The summed E-state index contributed by atoms with van der Waals surface area (Å²) >= 11 is 0. The van der Waals surface area contributed by atoms with Crippen LogP contribution in [0.4, 0.5) is 8.78 Å². The van der Waals surface area contributed by atoms with E-state index in [0.717, 1.165) is 25.0 Å². The van der Waals surface area contributed by atoms with Gasteiger partial charge in [-0.05, 0) is 31.9 Å². The van der Waals surface area contributed by atoms with Crippen LogP contribution in [0.3, 0.4) is 0 Å². The number of hydrogen-bond acceptors (Lipinski definition) is 4. The van der Waals surface area contributed by atoms with Crippen LogP contribution in [0, 0.1) is 11.6 Å². The molecule has 0 aliphatic heterocycles. The summed E-state index contributed by atoms with van der Waals surface area (Å²) in [5.41, 5.74) is -0.664. The van der Waals surface area contributed by atoms with E-state index < -0.39 is 23.4 Å². The molecule has 112 valence electrons. The summed E-state index contributed by atoms with van der Waals surface area (Å²) < 4.78 is 31.3. The molecule has 21 heavy (non-hydrogen) atoms. The fourth-order valence-corrected chi connectivity index (χ4v) is 1.70. The van der Waals surface area contributed by atoms with Gasteiger partial charge in [-0.3, -0.25) is 4.79 Å². The molecule has 0 heterocycles. The van der Waals surface area contributed by atoms with Crippen molar-refractivity contribution in [3.05, 3.63) is 47.2 Å². The Morgan fingerprint density at radius 1 is 1.38 bits per heavy atom. The largest absolute Gasteiger partial charge is 0.462 e. The van der Waals surface area contributed by atoms with E-state index in [4.69, 9.17) is 4.74 Å². The summed E-state index contributed by atoms with van der Waals surface area (Å²) in [4.78, 5) is 24.1. The van der Waals surface area contributed by atoms with Gasteiger partial charge in [-0.1, -0.05) is 0 Å². The molecule has 0 atom stereocenters. The van der Waals surface area contributed by atoms with Crippen molar-refractivity contribution < 1.29 is 23.1 Å². The molecular formula is C15H15F2NO3. The van der Waals surface area contributed by atoms with Crippen LogP contribution in [-0.4, -0.2) is 24.4 Å². The second-order valence-electron chi connectivity index (χ2n) is 4.67. The van der Waals surface area contributed by atoms with E-state index in [0.29, 0.717) is 6.07 Å². The van der Waals surface area contributed by atoms with Crippen molar-refractivity contribution in [2.45, 2.75) is 25.8 Å². The molecule has 0 radical (unpaired) electrons. The normalized spacial score (nSPS) is 14.7. The molecule has 4 nitrogen and oxygen atoms in total. The van der Waals surface area contributed by atoms with Crippen molar-refractivity contribution in [1.82, 2.24) is 5.32 Å². The number of esters is 1. The van der Waals surface area contributed by atoms with Crippen LogP contribution in [0.1, 0.15) is 30.1 Å². The number of benzene rings is 1. The first-order valence-corrected chi connectivity index (χ1v) is 6.66. The van der Waals surface area contributed by atoms with Gasteiger partial charge in [0.1, 0.15) is 17.2 Å². The third kappa shape index (κ3) is 3.87. The summed E-state index contributed by atoms with van der Waals surface area (Å²) in [7, 11) is 0. The zero-order valence-electron chi connectivity index (χ0n) is 11.5. The second-order valence-corrected chi connectivity index (χ2v) is 4.67. The molecule has 0 bridgehead atoms. The number of rotatable bonds is 6. The lowest BCUT2D eigenvalue weighted by atomic mass is 10.0. The highest BCUT2D eigenvalue weighted by molar-refractivity contribution is 6.24. The van der Waals surface area contributed by atoms with Crippen molar-refractivity contribution in [2.24, 2.45) is 0 Å². The van der Waals surface area contributed by atoms with E-state index in [1.165, 1.54) is 6.20 Å².